The molecule has 1 aromatic heterocycles. The van der Waals surface area contributed by atoms with E-state index in [-0.39, 0.29) is 6.10 Å². The van der Waals surface area contributed by atoms with E-state index >= 15 is 0 Å². The molecule has 110 valence electrons. The Bertz CT molecular complexity index is 655. The zero-order valence-electron chi connectivity index (χ0n) is 12.4. The van der Waals surface area contributed by atoms with Crippen LogP contribution in [0.15, 0.2) is 40.3 Å². The van der Waals surface area contributed by atoms with Gasteiger partial charge in [-0.3, -0.25) is 0 Å². The van der Waals surface area contributed by atoms with Crippen LogP contribution in [0, 0.1) is 0 Å². The van der Waals surface area contributed by atoms with Crippen molar-refractivity contribution in [3.8, 4) is 5.88 Å². The van der Waals surface area contributed by atoms with Crippen LogP contribution in [0.1, 0.15) is 31.4 Å². The van der Waals surface area contributed by atoms with Gasteiger partial charge in [0.2, 0.25) is 5.88 Å². The van der Waals surface area contributed by atoms with Gasteiger partial charge in [0.1, 0.15) is 5.03 Å². The molecule has 0 fully saturated rings. The largest absolute Gasteiger partial charge is 0.473 e. The van der Waals surface area contributed by atoms with Gasteiger partial charge in [-0.25, -0.2) is 4.98 Å². The first-order valence-electron chi connectivity index (χ1n) is 7.34. The van der Waals surface area contributed by atoms with Gasteiger partial charge in [0.05, 0.1) is 11.8 Å². The number of pyridine rings is 1. The summed E-state index contributed by atoms with van der Waals surface area (Å²) in [6.45, 7) is 3.95. The lowest BCUT2D eigenvalue weighted by atomic mass is 10.1. The molecule has 3 rings (SSSR count). The van der Waals surface area contributed by atoms with E-state index in [4.69, 9.17) is 10.5 Å². The Morgan fingerprint density at radius 2 is 1.95 bits per heavy atom. The first-order chi connectivity index (χ1) is 10.1. The second-order valence-electron chi connectivity index (χ2n) is 5.60. The predicted molar refractivity (Wildman–Crippen MR) is 87.0 cm³/mol. The molecule has 1 aliphatic rings. The Morgan fingerprint density at radius 3 is 2.76 bits per heavy atom. The van der Waals surface area contributed by atoms with Crippen LogP contribution < -0.4 is 10.5 Å². The maximum Gasteiger partial charge on any atom is 0.238 e. The van der Waals surface area contributed by atoms with Crippen LogP contribution in [0.4, 0.5) is 5.69 Å². The summed E-state index contributed by atoms with van der Waals surface area (Å²) in [4.78, 5) is 5.74. The van der Waals surface area contributed by atoms with E-state index in [1.54, 1.807) is 11.8 Å². The van der Waals surface area contributed by atoms with Gasteiger partial charge >= 0.3 is 0 Å². The lowest BCUT2D eigenvalue weighted by Crippen LogP contribution is -2.09. The van der Waals surface area contributed by atoms with Crippen molar-refractivity contribution >= 4 is 17.4 Å². The Labute approximate surface area is 129 Å². The lowest BCUT2D eigenvalue weighted by Gasteiger charge is -2.12. The normalized spacial score (nSPS) is 13.5. The molecule has 2 N–H and O–H groups in total. The molecule has 2 aromatic rings. The van der Waals surface area contributed by atoms with Gasteiger partial charge in [-0.05, 0) is 68.5 Å². The Hall–Kier alpha value is -1.68. The van der Waals surface area contributed by atoms with E-state index in [1.807, 2.05) is 26.0 Å². The summed E-state index contributed by atoms with van der Waals surface area (Å²) in [6.07, 6.45) is 3.75. The summed E-state index contributed by atoms with van der Waals surface area (Å²) in [7, 11) is 0. The van der Waals surface area contributed by atoms with E-state index in [2.05, 4.69) is 23.2 Å². The van der Waals surface area contributed by atoms with Crippen molar-refractivity contribution < 1.29 is 4.74 Å². The molecule has 4 heteroatoms. The number of anilines is 1. The molecular formula is C17H20N2OS. The molecule has 0 bridgehead atoms. The Kier molecular flexibility index (Phi) is 4.06. The number of rotatable bonds is 4. The minimum Gasteiger partial charge on any atom is -0.473 e. The van der Waals surface area contributed by atoms with Crippen LogP contribution >= 0.6 is 11.8 Å². The fourth-order valence-electron chi connectivity index (χ4n) is 2.54. The molecule has 0 spiro atoms. The van der Waals surface area contributed by atoms with Gasteiger partial charge in [0.25, 0.3) is 0 Å². The molecule has 0 aliphatic heterocycles. The number of benzene rings is 1. The second kappa shape index (κ2) is 5.98. The minimum atomic E-state index is 0.0695. The highest BCUT2D eigenvalue weighted by Crippen LogP contribution is 2.33. The van der Waals surface area contributed by atoms with Crippen LogP contribution in [-0.4, -0.2) is 11.1 Å². The summed E-state index contributed by atoms with van der Waals surface area (Å²) in [5.41, 5.74) is 9.47. The topological polar surface area (TPSA) is 48.1 Å². The first kappa shape index (κ1) is 14.3. The molecule has 0 radical (unpaired) electrons. The van der Waals surface area contributed by atoms with E-state index in [0.29, 0.717) is 11.6 Å². The van der Waals surface area contributed by atoms with Gasteiger partial charge in [-0.2, -0.15) is 0 Å². The van der Waals surface area contributed by atoms with Crippen LogP contribution in [0.5, 0.6) is 5.88 Å². The zero-order chi connectivity index (χ0) is 14.8. The van der Waals surface area contributed by atoms with Crippen molar-refractivity contribution in [3.63, 3.8) is 0 Å². The Balaban J connectivity index is 1.81. The summed E-state index contributed by atoms with van der Waals surface area (Å²) in [5, 5.41) is 0.915. The number of aromatic nitrogens is 1. The summed E-state index contributed by atoms with van der Waals surface area (Å²) in [6, 6.07) is 10.5. The predicted octanol–water partition coefficient (Wildman–Crippen LogP) is 4.09. The molecule has 3 nitrogen and oxygen atoms in total. The van der Waals surface area contributed by atoms with Gasteiger partial charge in [-0.1, -0.05) is 17.8 Å². The number of hydrogen-bond acceptors (Lipinski definition) is 4. The minimum absolute atomic E-state index is 0.0695. The van der Waals surface area contributed by atoms with Crippen molar-refractivity contribution in [1.82, 2.24) is 4.98 Å². The van der Waals surface area contributed by atoms with E-state index in [0.717, 1.165) is 5.03 Å². The highest BCUT2D eigenvalue weighted by molar-refractivity contribution is 7.99. The molecule has 0 unspecified atom stereocenters. The van der Waals surface area contributed by atoms with Crippen molar-refractivity contribution in [2.24, 2.45) is 0 Å². The van der Waals surface area contributed by atoms with Crippen LogP contribution in [0.3, 0.4) is 0 Å². The van der Waals surface area contributed by atoms with Crippen LogP contribution in [-0.2, 0) is 12.8 Å². The number of fused-ring (bicyclic) bond motifs is 1. The van der Waals surface area contributed by atoms with Gasteiger partial charge in [0, 0.05) is 4.90 Å². The summed E-state index contributed by atoms with van der Waals surface area (Å²) < 4.78 is 5.65. The third-order valence-corrected chi connectivity index (χ3v) is 4.43. The van der Waals surface area contributed by atoms with Gasteiger partial charge < -0.3 is 10.5 Å². The molecule has 1 heterocycles. The number of nitrogens with two attached hydrogens (primary N) is 1. The molecular weight excluding hydrogens is 280 g/mol. The SMILES string of the molecule is CC(C)Oc1nc(Sc2ccc3c(c2)CCC3)ccc1N. The first-order valence-corrected chi connectivity index (χ1v) is 8.16. The fourth-order valence-corrected chi connectivity index (χ4v) is 3.38. The fraction of sp³-hybridized carbons (Fsp3) is 0.353. The third-order valence-electron chi connectivity index (χ3n) is 3.50. The highest BCUT2D eigenvalue weighted by atomic mass is 32.2. The van der Waals surface area contributed by atoms with E-state index in [1.165, 1.54) is 35.3 Å². The maximum atomic E-state index is 5.91. The standard InChI is InChI=1S/C17H20N2OS/c1-11(2)20-17-15(18)8-9-16(19-17)21-14-7-6-12-4-3-5-13(12)10-14/h6-11H,3-5,18H2,1-2H3. The zero-order valence-corrected chi connectivity index (χ0v) is 13.2. The van der Waals surface area contributed by atoms with Crippen LogP contribution in [0.2, 0.25) is 0 Å². The molecule has 21 heavy (non-hydrogen) atoms. The smallest absolute Gasteiger partial charge is 0.238 e. The quantitative estimate of drug-likeness (QED) is 0.924. The Morgan fingerprint density at radius 1 is 1.14 bits per heavy atom. The van der Waals surface area contributed by atoms with E-state index < -0.39 is 0 Å². The highest BCUT2D eigenvalue weighted by Gasteiger charge is 2.12. The van der Waals surface area contributed by atoms with Crippen molar-refractivity contribution in [2.45, 2.75) is 49.1 Å². The molecule has 0 saturated heterocycles. The number of hydrogen-bond donors (Lipinski definition) is 1. The van der Waals surface area contributed by atoms with Gasteiger partial charge in [0.15, 0.2) is 0 Å². The summed E-state index contributed by atoms with van der Waals surface area (Å²) >= 11 is 1.66. The van der Waals surface area contributed by atoms with Crippen molar-refractivity contribution in [3.05, 3.63) is 41.5 Å². The molecule has 1 aromatic carbocycles. The van der Waals surface area contributed by atoms with Crippen molar-refractivity contribution in [1.29, 1.82) is 0 Å². The molecule has 1 aliphatic carbocycles. The number of aryl methyl sites for hydroxylation is 2. The molecule has 0 amide bonds. The molecule has 0 atom stereocenters. The number of nitrogens with zero attached hydrogens (tertiary/aromatic N) is 1. The summed E-state index contributed by atoms with van der Waals surface area (Å²) in [5.74, 6) is 0.524. The van der Waals surface area contributed by atoms with E-state index in [9.17, 15) is 0 Å². The van der Waals surface area contributed by atoms with Crippen molar-refractivity contribution in [2.75, 3.05) is 5.73 Å². The molecule has 0 saturated carbocycles. The number of nitrogen functional groups attached to an aromatic ring is 1. The van der Waals surface area contributed by atoms with Gasteiger partial charge in [-0.15, -0.1) is 0 Å². The lowest BCUT2D eigenvalue weighted by molar-refractivity contribution is 0.232. The van der Waals surface area contributed by atoms with Crippen LogP contribution in [0.25, 0.3) is 0 Å². The second-order valence-corrected chi connectivity index (χ2v) is 6.69. The third kappa shape index (κ3) is 3.32. The maximum absolute atomic E-state index is 5.91. The monoisotopic (exact) mass is 300 g/mol. The number of ether oxygens (including phenoxy) is 1. The average Bonchev–Trinajstić information content (AvgIpc) is 2.89. The average molecular weight is 300 g/mol.